The summed E-state index contributed by atoms with van der Waals surface area (Å²) < 4.78 is 71.5. The molecule has 2 heterocycles. The molecule has 4 aliphatic carbocycles. The third kappa shape index (κ3) is 8.90. The van der Waals surface area contributed by atoms with Crippen LogP contribution in [0.5, 0.6) is 11.5 Å². The average molecular weight is 779 g/mol. The van der Waals surface area contributed by atoms with Gasteiger partial charge in [-0.2, -0.15) is 8.78 Å². The van der Waals surface area contributed by atoms with E-state index in [1.807, 2.05) is 12.2 Å². The summed E-state index contributed by atoms with van der Waals surface area (Å²) in [7, 11) is 0. The maximum absolute atomic E-state index is 15.0. The quantitative estimate of drug-likeness (QED) is 0.224. The molecule has 0 aromatic heterocycles. The Morgan fingerprint density at radius 1 is 0.464 bits per heavy atom. The fourth-order valence-corrected chi connectivity index (χ4v) is 12.1. The minimum atomic E-state index is -0.772. The number of rotatable bonds is 10. The summed E-state index contributed by atoms with van der Waals surface area (Å²) in [5.41, 5.74) is 5.17. The lowest BCUT2D eigenvalue weighted by Crippen LogP contribution is -2.30. The molecular weight excluding hydrogens is 709 g/mol. The molecule has 2 aliphatic heterocycles. The molecule has 6 heteroatoms. The molecule has 2 aromatic carbocycles. The third-order valence-electron chi connectivity index (χ3n) is 15.2. The van der Waals surface area contributed by atoms with Crippen molar-refractivity contribution in [2.24, 2.45) is 35.5 Å². The van der Waals surface area contributed by atoms with Gasteiger partial charge in [-0.3, -0.25) is 0 Å². The highest BCUT2D eigenvalue weighted by Gasteiger charge is 2.38. The smallest absolute Gasteiger partial charge is 0.201 e. The lowest BCUT2D eigenvalue weighted by Gasteiger charge is -2.38. The Kier molecular flexibility index (Phi) is 14.2. The van der Waals surface area contributed by atoms with Crippen molar-refractivity contribution in [3.05, 3.63) is 62.7 Å². The van der Waals surface area contributed by atoms with E-state index in [0.29, 0.717) is 41.2 Å². The van der Waals surface area contributed by atoms with Crippen LogP contribution in [0.3, 0.4) is 0 Å². The van der Waals surface area contributed by atoms with Crippen LogP contribution < -0.4 is 9.47 Å². The molecule has 2 nitrogen and oxygen atoms in total. The monoisotopic (exact) mass is 779 g/mol. The maximum atomic E-state index is 15.0. The van der Waals surface area contributed by atoms with E-state index in [9.17, 15) is 8.78 Å². The van der Waals surface area contributed by atoms with Gasteiger partial charge in [0.2, 0.25) is 11.6 Å². The summed E-state index contributed by atoms with van der Waals surface area (Å²) >= 11 is 0. The third-order valence-corrected chi connectivity index (χ3v) is 15.2. The van der Waals surface area contributed by atoms with Crippen LogP contribution in [0, 0.1) is 58.8 Å². The lowest BCUT2D eigenvalue weighted by molar-refractivity contribution is 0.150. The molecule has 310 valence electrons. The maximum Gasteiger partial charge on any atom is 0.201 e. The molecule has 2 saturated carbocycles. The van der Waals surface area contributed by atoms with Crippen LogP contribution in [-0.2, 0) is 32.1 Å². The van der Waals surface area contributed by atoms with Crippen LogP contribution in [0.25, 0.3) is 6.08 Å². The summed E-state index contributed by atoms with van der Waals surface area (Å²) in [4.78, 5) is 0. The fraction of sp³-hybridized carbons (Fsp3) is 0.720. The van der Waals surface area contributed by atoms with E-state index in [1.165, 1.54) is 77.0 Å². The second-order valence-electron chi connectivity index (χ2n) is 18.7. The lowest BCUT2D eigenvalue weighted by atomic mass is 9.68. The van der Waals surface area contributed by atoms with Gasteiger partial charge in [0.1, 0.15) is 6.10 Å². The normalized spacial score (nSPS) is 29.4. The number of hydrogen-bond acceptors (Lipinski definition) is 2. The molecule has 56 heavy (non-hydrogen) atoms. The van der Waals surface area contributed by atoms with Gasteiger partial charge in [-0.1, -0.05) is 98.0 Å². The molecule has 0 saturated heterocycles. The van der Waals surface area contributed by atoms with Crippen molar-refractivity contribution >= 4 is 6.08 Å². The van der Waals surface area contributed by atoms with E-state index in [0.717, 1.165) is 105 Å². The van der Waals surface area contributed by atoms with Gasteiger partial charge < -0.3 is 9.47 Å². The van der Waals surface area contributed by atoms with Crippen molar-refractivity contribution in [3.63, 3.8) is 0 Å². The first-order valence-corrected chi connectivity index (χ1v) is 23.3. The summed E-state index contributed by atoms with van der Waals surface area (Å²) in [6, 6.07) is 0. The Morgan fingerprint density at radius 3 is 1.52 bits per heavy atom. The zero-order valence-electron chi connectivity index (χ0n) is 35.1. The van der Waals surface area contributed by atoms with E-state index in [-0.39, 0.29) is 23.7 Å². The highest BCUT2D eigenvalue weighted by atomic mass is 19.2. The SMILES string of the molecule is CCCC1CCC(C2CCc3c(c(F)c(F)c4c3CCC(CCC)O4)C2)CC1.CCCC1CCC(C2CCc3c4c(c(F)c(F)c3C2)OC(CCC)C=C4)CC1. The number of halogens is 4. The topological polar surface area (TPSA) is 18.5 Å². The van der Waals surface area contributed by atoms with E-state index in [2.05, 4.69) is 27.7 Å². The van der Waals surface area contributed by atoms with E-state index < -0.39 is 23.3 Å². The number of hydrogen-bond donors (Lipinski definition) is 0. The molecule has 0 amide bonds. The number of ether oxygens (including phenoxy) is 2. The Balaban J connectivity index is 0.000000172. The van der Waals surface area contributed by atoms with Crippen molar-refractivity contribution in [2.75, 3.05) is 0 Å². The van der Waals surface area contributed by atoms with Crippen molar-refractivity contribution < 1.29 is 27.0 Å². The van der Waals surface area contributed by atoms with Gasteiger partial charge in [-0.05, 0) is 154 Å². The molecule has 2 aromatic rings. The van der Waals surface area contributed by atoms with Crippen LogP contribution in [0.1, 0.15) is 183 Å². The van der Waals surface area contributed by atoms with Crippen molar-refractivity contribution in [3.8, 4) is 11.5 Å². The minimum Gasteiger partial charge on any atom is -0.487 e. The summed E-state index contributed by atoms with van der Waals surface area (Å²) in [5, 5.41) is 0. The molecular formula is C50H70F4O2. The van der Waals surface area contributed by atoms with Crippen molar-refractivity contribution in [1.82, 2.24) is 0 Å². The van der Waals surface area contributed by atoms with Gasteiger partial charge in [0.05, 0.1) is 6.10 Å². The number of benzene rings is 2. The summed E-state index contributed by atoms with van der Waals surface area (Å²) in [6.45, 7) is 8.73. The highest BCUT2D eigenvalue weighted by molar-refractivity contribution is 5.66. The molecule has 4 unspecified atom stereocenters. The van der Waals surface area contributed by atoms with Gasteiger partial charge in [-0.15, -0.1) is 0 Å². The fourth-order valence-electron chi connectivity index (χ4n) is 12.1. The Morgan fingerprint density at radius 2 is 0.964 bits per heavy atom. The van der Waals surface area contributed by atoms with Gasteiger partial charge >= 0.3 is 0 Å². The van der Waals surface area contributed by atoms with Gasteiger partial charge in [0.15, 0.2) is 23.1 Å². The summed E-state index contributed by atoms with van der Waals surface area (Å²) in [5.74, 6) is 1.82. The van der Waals surface area contributed by atoms with E-state index in [1.54, 1.807) is 0 Å². The molecule has 2 fully saturated rings. The zero-order chi connectivity index (χ0) is 39.3. The van der Waals surface area contributed by atoms with Crippen LogP contribution in [-0.4, -0.2) is 12.2 Å². The summed E-state index contributed by atoms with van der Waals surface area (Å²) in [6.07, 6.45) is 30.4. The van der Waals surface area contributed by atoms with Gasteiger partial charge in [0, 0.05) is 11.1 Å². The first-order valence-electron chi connectivity index (χ1n) is 23.3. The molecule has 8 rings (SSSR count). The van der Waals surface area contributed by atoms with Crippen molar-refractivity contribution in [2.45, 2.75) is 194 Å². The Labute approximate surface area is 336 Å². The predicted molar refractivity (Wildman–Crippen MR) is 220 cm³/mol. The van der Waals surface area contributed by atoms with E-state index in [4.69, 9.17) is 9.47 Å². The van der Waals surface area contributed by atoms with Crippen LogP contribution in [0.4, 0.5) is 17.6 Å². The first kappa shape index (κ1) is 41.7. The molecule has 0 radical (unpaired) electrons. The predicted octanol–water partition coefficient (Wildman–Crippen LogP) is 14.4. The van der Waals surface area contributed by atoms with Crippen LogP contribution in [0.15, 0.2) is 6.08 Å². The van der Waals surface area contributed by atoms with Crippen molar-refractivity contribution in [1.29, 1.82) is 0 Å². The average Bonchev–Trinajstić information content (AvgIpc) is 3.23. The van der Waals surface area contributed by atoms with Crippen LogP contribution >= 0.6 is 0 Å². The highest BCUT2D eigenvalue weighted by Crippen LogP contribution is 2.47. The Hall–Kier alpha value is -2.50. The number of fused-ring (bicyclic) bond motifs is 6. The van der Waals surface area contributed by atoms with E-state index >= 15 is 8.78 Å². The molecule has 6 aliphatic rings. The molecule has 4 atom stereocenters. The largest absolute Gasteiger partial charge is 0.487 e. The van der Waals surface area contributed by atoms with Gasteiger partial charge in [-0.25, -0.2) is 8.78 Å². The molecule has 0 spiro atoms. The zero-order valence-corrected chi connectivity index (χ0v) is 35.1. The van der Waals surface area contributed by atoms with Gasteiger partial charge in [0.25, 0.3) is 0 Å². The first-order chi connectivity index (χ1) is 27.2. The minimum absolute atomic E-state index is 0.0408. The standard InChI is InChI=1S/C25H36F2O.C25H34F2O/c2*1-3-5-16-7-9-17(10-8-16)18-11-13-20-21-14-12-19(6-4-2)28-25(21)24(27)23(26)22(20)15-18/h16-19H,3-15H2,1-2H3;12,14,16-19H,3-11,13,15H2,1-2H3. The Bertz CT molecular complexity index is 1670. The van der Waals surface area contributed by atoms with Crippen LogP contribution in [0.2, 0.25) is 0 Å². The molecule has 0 bridgehead atoms. The second-order valence-corrected chi connectivity index (χ2v) is 18.7. The molecule has 0 N–H and O–H groups in total. The second kappa shape index (κ2) is 19.0.